The molecule has 7 heteroatoms. The van der Waals surface area contributed by atoms with Crippen LogP contribution in [0.3, 0.4) is 0 Å². The summed E-state index contributed by atoms with van der Waals surface area (Å²) in [5.41, 5.74) is 0.561. The summed E-state index contributed by atoms with van der Waals surface area (Å²) in [4.78, 5) is 10.9. The first-order valence-corrected chi connectivity index (χ1v) is 7.57. The highest BCUT2D eigenvalue weighted by molar-refractivity contribution is 9.10. The Morgan fingerprint density at radius 1 is 1.50 bits per heavy atom. The van der Waals surface area contributed by atoms with Gasteiger partial charge in [-0.25, -0.2) is 8.42 Å². The molecule has 0 saturated heterocycles. The van der Waals surface area contributed by atoms with Crippen molar-refractivity contribution in [3.8, 4) is 0 Å². The number of aryl methyl sites for hydroxylation is 1. The summed E-state index contributed by atoms with van der Waals surface area (Å²) in [6, 6.07) is 3.71. The zero-order chi connectivity index (χ0) is 13.9. The van der Waals surface area contributed by atoms with Crippen LogP contribution in [-0.2, 0) is 14.8 Å². The van der Waals surface area contributed by atoms with Gasteiger partial charge < -0.3 is 5.11 Å². The highest BCUT2D eigenvalue weighted by Gasteiger charge is 2.25. The predicted octanol–water partition coefficient (Wildman–Crippen LogP) is 1.90. The van der Waals surface area contributed by atoms with E-state index in [0.717, 1.165) is 0 Å². The van der Waals surface area contributed by atoms with Crippen LogP contribution in [-0.4, -0.2) is 25.5 Å². The minimum Gasteiger partial charge on any atom is -0.480 e. The van der Waals surface area contributed by atoms with E-state index in [4.69, 9.17) is 5.11 Å². The molecule has 0 aliphatic rings. The SMILES string of the molecule is CC[C@@H](NS(=O)(=O)c1cc(Br)ccc1C)C(=O)O. The first kappa shape index (κ1) is 15.1. The smallest absolute Gasteiger partial charge is 0.321 e. The highest BCUT2D eigenvalue weighted by atomic mass is 79.9. The highest BCUT2D eigenvalue weighted by Crippen LogP contribution is 2.20. The maximum absolute atomic E-state index is 12.1. The molecular weight excluding hydrogens is 322 g/mol. The zero-order valence-corrected chi connectivity index (χ0v) is 12.4. The summed E-state index contributed by atoms with van der Waals surface area (Å²) < 4.78 is 27.0. The number of aliphatic carboxylic acids is 1. The molecule has 0 heterocycles. The second-order valence-corrected chi connectivity index (χ2v) is 6.43. The number of nitrogens with one attached hydrogen (secondary N) is 1. The van der Waals surface area contributed by atoms with Gasteiger partial charge in [0.15, 0.2) is 0 Å². The third-order valence-electron chi connectivity index (χ3n) is 2.44. The first-order valence-electron chi connectivity index (χ1n) is 5.29. The number of hydrogen-bond acceptors (Lipinski definition) is 3. The van der Waals surface area contributed by atoms with Crippen molar-refractivity contribution < 1.29 is 18.3 Å². The minimum atomic E-state index is -3.83. The number of carbonyl (C=O) groups is 1. The van der Waals surface area contributed by atoms with Crippen LogP contribution in [0.25, 0.3) is 0 Å². The van der Waals surface area contributed by atoms with E-state index < -0.39 is 22.0 Å². The van der Waals surface area contributed by atoms with E-state index in [1.165, 1.54) is 6.07 Å². The van der Waals surface area contributed by atoms with Gasteiger partial charge in [0.2, 0.25) is 10.0 Å². The third-order valence-corrected chi connectivity index (χ3v) is 4.55. The van der Waals surface area contributed by atoms with Gasteiger partial charge in [-0.05, 0) is 31.0 Å². The Balaban J connectivity index is 3.14. The largest absolute Gasteiger partial charge is 0.480 e. The van der Waals surface area contributed by atoms with E-state index in [-0.39, 0.29) is 11.3 Å². The lowest BCUT2D eigenvalue weighted by Gasteiger charge is -2.14. The van der Waals surface area contributed by atoms with E-state index in [1.807, 2.05) is 0 Å². The van der Waals surface area contributed by atoms with Crippen LogP contribution in [0.4, 0.5) is 0 Å². The maximum Gasteiger partial charge on any atom is 0.321 e. The average molecular weight is 336 g/mol. The average Bonchev–Trinajstić information content (AvgIpc) is 2.28. The summed E-state index contributed by atoms with van der Waals surface area (Å²) in [6.45, 7) is 3.26. The lowest BCUT2D eigenvalue weighted by molar-refractivity contribution is -0.139. The molecule has 0 aliphatic carbocycles. The second-order valence-electron chi connectivity index (χ2n) is 3.83. The number of rotatable bonds is 5. The van der Waals surface area contributed by atoms with E-state index in [0.29, 0.717) is 10.0 Å². The summed E-state index contributed by atoms with van der Waals surface area (Å²) >= 11 is 3.19. The summed E-state index contributed by atoms with van der Waals surface area (Å²) in [6.07, 6.45) is 0.182. The molecule has 5 nitrogen and oxygen atoms in total. The van der Waals surface area contributed by atoms with E-state index in [9.17, 15) is 13.2 Å². The molecule has 1 aromatic rings. The number of hydrogen-bond donors (Lipinski definition) is 2. The van der Waals surface area contributed by atoms with Gasteiger partial charge in [0.1, 0.15) is 6.04 Å². The van der Waals surface area contributed by atoms with Crippen molar-refractivity contribution in [1.29, 1.82) is 0 Å². The Morgan fingerprint density at radius 3 is 2.61 bits per heavy atom. The molecule has 0 amide bonds. The summed E-state index contributed by atoms with van der Waals surface area (Å²) in [7, 11) is -3.83. The Bertz CT molecular complexity index is 556. The monoisotopic (exact) mass is 335 g/mol. The Morgan fingerprint density at radius 2 is 2.11 bits per heavy atom. The van der Waals surface area contributed by atoms with Gasteiger partial charge in [-0.2, -0.15) is 4.72 Å². The van der Waals surface area contributed by atoms with Crippen LogP contribution in [0.1, 0.15) is 18.9 Å². The van der Waals surface area contributed by atoms with Gasteiger partial charge in [0, 0.05) is 4.47 Å². The molecule has 0 aliphatic heterocycles. The Labute approximate surface area is 114 Å². The van der Waals surface area contributed by atoms with Crippen molar-refractivity contribution in [1.82, 2.24) is 4.72 Å². The van der Waals surface area contributed by atoms with Crippen molar-refractivity contribution in [2.75, 3.05) is 0 Å². The van der Waals surface area contributed by atoms with E-state index in [2.05, 4.69) is 20.7 Å². The van der Waals surface area contributed by atoms with Crippen LogP contribution < -0.4 is 4.72 Å². The van der Waals surface area contributed by atoms with E-state index in [1.54, 1.807) is 26.0 Å². The molecule has 0 spiro atoms. The van der Waals surface area contributed by atoms with Crippen molar-refractivity contribution in [3.63, 3.8) is 0 Å². The van der Waals surface area contributed by atoms with Crippen molar-refractivity contribution in [2.24, 2.45) is 0 Å². The van der Waals surface area contributed by atoms with Crippen molar-refractivity contribution in [2.45, 2.75) is 31.2 Å². The molecule has 18 heavy (non-hydrogen) atoms. The van der Waals surface area contributed by atoms with Crippen LogP contribution in [0.5, 0.6) is 0 Å². The van der Waals surface area contributed by atoms with Gasteiger partial charge in [-0.15, -0.1) is 0 Å². The van der Waals surface area contributed by atoms with Gasteiger partial charge in [0.25, 0.3) is 0 Å². The number of halogens is 1. The maximum atomic E-state index is 12.1. The molecule has 0 aromatic heterocycles. The first-order chi connectivity index (χ1) is 8.27. The van der Waals surface area contributed by atoms with Crippen LogP contribution in [0, 0.1) is 6.92 Å². The molecule has 0 bridgehead atoms. The molecule has 0 fully saturated rings. The number of sulfonamides is 1. The number of carboxylic acids is 1. The molecular formula is C11H14BrNO4S. The summed E-state index contributed by atoms with van der Waals surface area (Å²) in [5, 5.41) is 8.87. The molecule has 1 atom stereocenters. The molecule has 1 rings (SSSR count). The molecule has 0 radical (unpaired) electrons. The van der Waals surface area contributed by atoms with Crippen LogP contribution in [0.2, 0.25) is 0 Å². The molecule has 100 valence electrons. The zero-order valence-electron chi connectivity index (χ0n) is 9.97. The Hall–Kier alpha value is -0.920. The fraction of sp³-hybridized carbons (Fsp3) is 0.364. The lowest BCUT2D eigenvalue weighted by atomic mass is 10.2. The Kier molecular flexibility index (Phi) is 4.89. The minimum absolute atomic E-state index is 0.0802. The molecule has 1 aromatic carbocycles. The topological polar surface area (TPSA) is 83.5 Å². The molecule has 2 N–H and O–H groups in total. The molecule has 0 saturated carbocycles. The fourth-order valence-corrected chi connectivity index (χ4v) is 3.48. The van der Waals surface area contributed by atoms with Crippen molar-refractivity contribution >= 4 is 31.9 Å². The van der Waals surface area contributed by atoms with Gasteiger partial charge >= 0.3 is 5.97 Å². The van der Waals surface area contributed by atoms with Crippen LogP contribution >= 0.6 is 15.9 Å². The number of carboxylic acid groups (broad SMARTS) is 1. The summed E-state index contributed by atoms with van der Waals surface area (Å²) in [5.74, 6) is -1.19. The fourth-order valence-electron chi connectivity index (χ4n) is 1.42. The van der Waals surface area contributed by atoms with E-state index >= 15 is 0 Å². The molecule has 0 unspecified atom stereocenters. The number of benzene rings is 1. The predicted molar refractivity (Wildman–Crippen MR) is 70.9 cm³/mol. The van der Waals surface area contributed by atoms with Gasteiger partial charge in [0.05, 0.1) is 4.90 Å². The van der Waals surface area contributed by atoms with Gasteiger partial charge in [-0.3, -0.25) is 4.79 Å². The van der Waals surface area contributed by atoms with Gasteiger partial charge in [-0.1, -0.05) is 28.9 Å². The third kappa shape index (κ3) is 3.54. The second kappa shape index (κ2) is 5.81. The quantitative estimate of drug-likeness (QED) is 0.860. The standard InChI is InChI=1S/C11H14BrNO4S/c1-3-9(11(14)15)13-18(16,17)10-6-8(12)5-4-7(10)2/h4-6,9,13H,3H2,1-2H3,(H,14,15)/t9-/m1/s1. The normalized spacial score (nSPS) is 13.3. The van der Waals surface area contributed by atoms with Crippen LogP contribution in [0.15, 0.2) is 27.6 Å². The lowest BCUT2D eigenvalue weighted by Crippen LogP contribution is -2.40. The van der Waals surface area contributed by atoms with Crippen molar-refractivity contribution in [3.05, 3.63) is 28.2 Å².